The highest BCUT2D eigenvalue weighted by Gasteiger charge is 2.44. The lowest BCUT2D eigenvalue weighted by atomic mass is 9.82. The van der Waals surface area contributed by atoms with Gasteiger partial charge in [0.05, 0.1) is 11.8 Å². The first-order valence-electron chi connectivity index (χ1n) is 7.55. The van der Waals surface area contributed by atoms with Crippen molar-refractivity contribution in [2.75, 3.05) is 0 Å². The van der Waals surface area contributed by atoms with Crippen molar-refractivity contribution in [2.45, 2.75) is 75.8 Å². The summed E-state index contributed by atoms with van der Waals surface area (Å²) in [5.41, 5.74) is 0. The maximum Gasteiger partial charge on any atom is 0.391 e. The summed E-state index contributed by atoms with van der Waals surface area (Å²) in [7, 11) is 0. The van der Waals surface area contributed by atoms with Gasteiger partial charge in [0.2, 0.25) is 0 Å². The second-order valence-corrected chi connectivity index (χ2v) is 6.37. The van der Waals surface area contributed by atoms with Gasteiger partial charge >= 0.3 is 12.4 Å². The van der Waals surface area contributed by atoms with Crippen LogP contribution in [-0.2, 0) is 0 Å². The minimum absolute atomic E-state index is 0.00329. The Morgan fingerprint density at radius 1 is 0.619 bits per heavy atom. The van der Waals surface area contributed by atoms with Crippen molar-refractivity contribution >= 4 is 0 Å². The molecule has 0 spiro atoms. The SMILES string of the molecule is FC(F)(F)[C@@H]1CCC[C@H](N[C@@H]2CCC[C@H](C(F)(F)F)C2)C1. The van der Waals surface area contributed by atoms with E-state index >= 15 is 0 Å². The van der Waals surface area contributed by atoms with E-state index < -0.39 is 24.2 Å². The third-order valence-electron chi connectivity index (χ3n) is 4.75. The Morgan fingerprint density at radius 3 is 1.33 bits per heavy atom. The van der Waals surface area contributed by atoms with Crippen LogP contribution in [0.4, 0.5) is 26.3 Å². The van der Waals surface area contributed by atoms with Crippen LogP contribution in [0.3, 0.4) is 0 Å². The van der Waals surface area contributed by atoms with Crippen LogP contribution in [0.1, 0.15) is 51.4 Å². The minimum Gasteiger partial charge on any atom is -0.311 e. The molecule has 2 saturated carbocycles. The smallest absolute Gasteiger partial charge is 0.311 e. The van der Waals surface area contributed by atoms with Crippen LogP contribution in [0.15, 0.2) is 0 Å². The monoisotopic (exact) mass is 317 g/mol. The Morgan fingerprint density at radius 2 is 1.00 bits per heavy atom. The first kappa shape index (κ1) is 16.9. The lowest BCUT2D eigenvalue weighted by molar-refractivity contribution is -0.186. The van der Waals surface area contributed by atoms with Gasteiger partial charge in [0, 0.05) is 12.1 Å². The molecule has 0 aromatic heterocycles. The maximum atomic E-state index is 12.7. The lowest BCUT2D eigenvalue weighted by Gasteiger charge is -2.37. The first-order chi connectivity index (χ1) is 9.66. The molecule has 0 bridgehead atoms. The summed E-state index contributed by atoms with van der Waals surface area (Å²) < 4.78 is 76.4. The van der Waals surface area contributed by atoms with Gasteiger partial charge in [0.15, 0.2) is 0 Å². The molecule has 1 N–H and O–H groups in total. The largest absolute Gasteiger partial charge is 0.391 e. The molecule has 2 aliphatic rings. The van der Waals surface area contributed by atoms with Crippen LogP contribution >= 0.6 is 0 Å². The third kappa shape index (κ3) is 4.76. The molecular formula is C14H21F6N. The lowest BCUT2D eigenvalue weighted by Crippen LogP contribution is -2.46. The molecule has 0 unspecified atom stereocenters. The fourth-order valence-electron chi connectivity index (χ4n) is 3.61. The molecule has 1 nitrogen and oxygen atoms in total. The molecule has 0 aliphatic heterocycles. The van der Waals surface area contributed by atoms with E-state index in [4.69, 9.17) is 0 Å². The topological polar surface area (TPSA) is 12.0 Å². The van der Waals surface area contributed by atoms with E-state index in [2.05, 4.69) is 5.32 Å². The number of nitrogens with one attached hydrogen (secondary N) is 1. The van der Waals surface area contributed by atoms with Crippen molar-refractivity contribution in [3.8, 4) is 0 Å². The average Bonchev–Trinajstić information content (AvgIpc) is 2.37. The number of rotatable bonds is 2. The summed E-state index contributed by atoms with van der Waals surface area (Å²) >= 11 is 0. The zero-order chi connectivity index (χ0) is 15.7. The zero-order valence-corrected chi connectivity index (χ0v) is 11.7. The van der Waals surface area contributed by atoms with Gasteiger partial charge in [-0.15, -0.1) is 0 Å². The quantitative estimate of drug-likeness (QED) is 0.720. The molecule has 0 heterocycles. The minimum atomic E-state index is -4.19. The normalized spacial score (nSPS) is 35.7. The summed E-state index contributed by atoms with van der Waals surface area (Å²) in [6, 6.07) is -0.607. The van der Waals surface area contributed by atoms with E-state index in [-0.39, 0.29) is 37.8 Å². The van der Waals surface area contributed by atoms with Crippen LogP contribution in [0.2, 0.25) is 0 Å². The van der Waals surface area contributed by atoms with E-state index in [0.29, 0.717) is 25.7 Å². The molecule has 4 atom stereocenters. The highest BCUT2D eigenvalue weighted by Crippen LogP contribution is 2.40. The molecule has 2 fully saturated rings. The van der Waals surface area contributed by atoms with Crippen molar-refractivity contribution < 1.29 is 26.3 Å². The highest BCUT2D eigenvalue weighted by atomic mass is 19.4. The maximum absolute atomic E-state index is 12.7. The van der Waals surface area contributed by atoms with E-state index in [9.17, 15) is 26.3 Å². The molecule has 21 heavy (non-hydrogen) atoms. The predicted molar refractivity (Wildman–Crippen MR) is 66.7 cm³/mol. The van der Waals surface area contributed by atoms with Crippen LogP contribution in [0.5, 0.6) is 0 Å². The van der Waals surface area contributed by atoms with Crippen molar-refractivity contribution in [1.82, 2.24) is 5.32 Å². The highest BCUT2D eigenvalue weighted by molar-refractivity contribution is 4.87. The van der Waals surface area contributed by atoms with Gasteiger partial charge in [-0.2, -0.15) is 26.3 Å². The average molecular weight is 317 g/mol. The Hall–Kier alpha value is -0.460. The first-order valence-corrected chi connectivity index (χ1v) is 7.55. The fourth-order valence-corrected chi connectivity index (χ4v) is 3.61. The number of hydrogen-bond donors (Lipinski definition) is 1. The zero-order valence-electron chi connectivity index (χ0n) is 11.7. The van der Waals surface area contributed by atoms with Gasteiger partial charge in [-0.25, -0.2) is 0 Å². The van der Waals surface area contributed by atoms with E-state index in [1.807, 2.05) is 0 Å². The molecule has 7 heteroatoms. The second kappa shape index (κ2) is 6.34. The molecule has 0 aromatic carbocycles. The van der Waals surface area contributed by atoms with Gasteiger partial charge in [-0.05, 0) is 38.5 Å². The summed E-state index contributed by atoms with van der Waals surface area (Å²) in [5, 5.41) is 3.06. The van der Waals surface area contributed by atoms with E-state index in [1.165, 1.54) is 0 Å². The molecule has 2 aliphatic carbocycles. The Labute approximate surface area is 120 Å². The molecule has 0 radical (unpaired) electrons. The van der Waals surface area contributed by atoms with Crippen molar-refractivity contribution in [1.29, 1.82) is 0 Å². The Kier molecular flexibility index (Phi) is 5.11. The van der Waals surface area contributed by atoms with Crippen LogP contribution in [0, 0.1) is 11.8 Å². The van der Waals surface area contributed by atoms with Crippen molar-refractivity contribution in [3.05, 3.63) is 0 Å². The third-order valence-corrected chi connectivity index (χ3v) is 4.75. The van der Waals surface area contributed by atoms with Gasteiger partial charge in [0.1, 0.15) is 0 Å². The van der Waals surface area contributed by atoms with E-state index in [1.54, 1.807) is 0 Å². The molecule has 2 rings (SSSR count). The van der Waals surface area contributed by atoms with Gasteiger partial charge in [0.25, 0.3) is 0 Å². The predicted octanol–water partition coefficient (Wildman–Crippen LogP) is 4.82. The second-order valence-electron chi connectivity index (χ2n) is 6.37. The summed E-state index contributed by atoms with van der Waals surface area (Å²) in [4.78, 5) is 0. The molecule has 0 saturated heterocycles. The van der Waals surface area contributed by atoms with Crippen LogP contribution < -0.4 is 5.32 Å². The van der Waals surface area contributed by atoms with Gasteiger partial charge < -0.3 is 5.32 Å². The molecule has 124 valence electrons. The molecular weight excluding hydrogens is 296 g/mol. The molecule has 0 amide bonds. The standard InChI is InChI=1S/C14H21F6N/c15-13(16,17)9-3-1-5-11(7-9)21-12-6-2-4-10(8-12)14(18,19)20/h9-12,21H,1-8H2/t9-,10+,11+,12-. The van der Waals surface area contributed by atoms with Crippen molar-refractivity contribution in [2.24, 2.45) is 11.8 Å². The van der Waals surface area contributed by atoms with Crippen LogP contribution in [-0.4, -0.2) is 24.4 Å². The summed E-state index contributed by atoms with van der Waals surface area (Å²) in [5.74, 6) is -2.63. The Bertz CT molecular complexity index is 305. The fraction of sp³-hybridized carbons (Fsp3) is 1.00. The Balaban J connectivity index is 1.86. The summed E-state index contributed by atoms with van der Waals surface area (Å²) in [6.45, 7) is 0. The number of halogens is 6. The van der Waals surface area contributed by atoms with Crippen LogP contribution in [0.25, 0.3) is 0 Å². The van der Waals surface area contributed by atoms with E-state index in [0.717, 1.165) is 0 Å². The van der Waals surface area contributed by atoms with Crippen molar-refractivity contribution in [3.63, 3.8) is 0 Å². The number of alkyl halides is 6. The summed E-state index contributed by atoms with van der Waals surface area (Å²) in [6.07, 6.45) is -5.90. The number of hydrogen-bond acceptors (Lipinski definition) is 1. The van der Waals surface area contributed by atoms with Gasteiger partial charge in [-0.1, -0.05) is 12.8 Å². The van der Waals surface area contributed by atoms with Gasteiger partial charge in [-0.3, -0.25) is 0 Å². The molecule has 0 aromatic rings.